The predicted molar refractivity (Wildman–Crippen MR) is 104 cm³/mol. The fraction of sp³-hybridized carbons (Fsp3) is 0.0833. The molecular weight excluding hydrogens is 288 g/mol. The molecule has 0 aromatic heterocycles. The van der Waals surface area contributed by atoms with Gasteiger partial charge in [0.15, 0.2) is 0 Å². The van der Waals surface area contributed by atoms with Gasteiger partial charge in [-0.2, -0.15) is 0 Å². The first-order valence-corrected chi connectivity index (χ1v) is 8.68. The molecule has 1 aliphatic carbocycles. The van der Waals surface area contributed by atoms with E-state index >= 15 is 0 Å². The van der Waals surface area contributed by atoms with E-state index in [1.807, 2.05) is 0 Å². The standard InChI is InChI=1S/C24H16/c1-3-7-19-15(5-1)13-17-9-10-18-14-16-6-2-4-8-20(16)22-12-11-21(19)23(17)24(18)22/h1-10,13-14H,11-12H2. The molecule has 0 unspecified atom stereocenters. The first kappa shape index (κ1) is 12.5. The van der Waals surface area contributed by atoms with E-state index in [0.29, 0.717) is 0 Å². The van der Waals surface area contributed by atoms with E-state index in [2.05, 4.69) is 72.8 Å². The third-order valence-corrected chi connectivity index (χ3v) is 5.69. The molecular formula is C24H16. The van der Waals surface area contributed by atoms with Crippen molar-refractivity contribution in [1.29, 1.82) is 0 Å². The summed E-state index contributed by atoms with van der Waals surface area (Å²) < 4.78 is 0. The molecule has 0 saturated carbocycles. The van der Waals surface area contributed by atoms with Crippen LogP contribution < -0.4 is 0 Å². The maximum Gasteiger partial charge on any atom is -0.00638 e. The van der Waals surface area contributed by atoms with Crippen molar-refractivity contribution in [2.75, 3.05) is 0 Å². The van der Waals surface area contributed by atoms with Crippen molar-refractivity contribution in [3.05, 3.63) is 83.9 Å². The van der Waals surface area contributed by atoms with Crippen LogP contribution in [0.15, 0.2) is 72.8 Å². The SMILES string of the molecule is c1ccc2c3c4c(ccc5cc6ccccc6c(c54)CC3)cc2c1. The Bertz CT molecular complexity index is 1190. The average Bonchev–Trinajstić information content (AvgIpc) is 2.65. The van der Waals surface area contributed by atoms with Gasteiger partial charge in [0.1, 0.15) is 0 Å². The van der Waals surface area contributed by atoms with E-state index in [1.165, 1.54) is 54.2 Å². The van der Waals surface area contributed by atoms with Gasteiger partial charge in [0.2, 0.25) is 0 Å². The number of benzene rings is 5. The van der Waals surface area contributed by atoms with E-state index in [-0.39, 0.29) is 0 Å². The van der Waals surface area contributed by atoms with Gasteiger partial charge in [0, 0.05) is 0 Å². The fourth-order valence-electron chi connectivity index (χ4n) is 4.69. The van der Waals surface area contributed by atoms with Gasteiger partial charge >= 0.3 is 0 Å². The van der Waals surface area contributed by atoms with Gasteiger partial charge in [-0.15, -0.1) is 0 Å². The second kappa shape index (κ2) is 4.36. The molecule has 0 N–H and O–H groups in total. The van der Waals surface area contributed by atoms with Crippen LogP contribution in [0.1, 0.15) is 11.1 Å². The van der Waals surface area contributed by atoms with E-state index in [9.17, 15) is 0 Å². The topological polar surface area (TPSA) is 0 Å². The summed E-state index contributed by atoms with van der Waals surface area (Å²) in [5, 5.41) is 11.3. The van der Waals surface area contributed by atoms with Crippen molar-refractivity contribution < 1.29 is 0 Å². The first-order chi connectivity index (χ1) is 11.9. The molecule has 5 aromatic carbocycles. The first-order valence-electron chi connectivity index (χ1n) is 8.68. The lowest BCUT2D eigenvalue weighted by Gasteiger charge is -2.22. The second-order valence-corrected chi connectivity index (χ2v) is 6.91. The Hall–Kier alpha value is -2.86. The van der Waals surface area contributed by atoms with Gasteiger partial charge in [-0.1, -0.05) is 60.7 Å². The average molecular weight is 304 g/mol. The second-order valence-electron chi connectivity index (χ2n) is 6.91. The molecule has 24 heavy (non-hydrogen) atoms. The molecule has 1 aliphatic rings. The molecule has 112 valence electrons. The summed E-state index contributed by atoms with van der Waals surface area (Å²) >= 11 is 0. The molecule has 0 radical (unpaired) electrons. The summed E-state index contributed by atoms with van der Waals surface area (Å²) in [5.74, 6) is 0. The zero-order valence-electron chi connectivity index (χ0n) is 13.3. The zero-order valence-corrected chi connectivity index (χ0v) is 13.3. The predicted octanol–water partition coefficient (Wildman–Crippen LogP) is 6.40. The van der Waals surface area contributed by atoms with Gasteiger partial charge in [0.25, 0.3) is 0 Å². The number of fused-ring (bicyclic) bond motifs is 4. The lowest BCUT2D eigenvalue weighted by atomic mass is 9.81. The number of hydrogen-bond acceptors (Lipinski definition) is 0. The van der Waals surface area contributed by atoms with Gasteiger partial charge in [-0.3, -0.25) is 0 Å². The van der Waals surface area contributed by atoms with E-state index in [1.54, 1.807) is 0 Å². The highest BCUT2D eigenvalue weighted by atomic mass is 14.2. The van der Waals surface area contributed by atoms with Crippen LogP contribution in [-0.2, 0) is 12.8 Å². The Labute approximate surface area is 140 Å². The van der Waals surface area contributed by atoms with Gasteiger partial charge in [-0.25, -0.2) is 0 Å². The number of aryl methyl sites for hydroxylation is 2. The van der Waals surface area contributed by atoms with Crippen LogP contribution in [0.25, 0.3) is 43.1 Å². The van der Waals surface area contributed by atoms with Crippen LogP contribution in [0.2, 0.25) is 0 Å². The van der Waals surface area contributed by atoms with Crippen LogP contribution in [0.5, 0.6) is 0 Å². The van der Waals surface area contributed by atoms with Crippen LogP contribution in [0, 0.1) is 0 Å². The minimum absolute atomic E-state index is 1.14. The molecule has 0 nitrogen and oxygen atoms in total. The highest BCUT2D eigenvalue weighted by Crippen LogP contribution is 2.42. The molecule has 0 heterocycles. The third kappa shape index (κ3) is 1.48. The Morgan fingerprint density at radius 1 is 0.458 bits per heavy atom. The van der Waals surface area contributed by atoms with Gasteiger partial charge in [0.05, 0.1) is 0 Å². The van der Waals surface area contributed by atoms with Gasteiger partial charge < -0.3 is 0 Å². The summed E-state index contributed by atoms with van der Waals surface area (Å²) in [7, 11) is 0. The highest BCUT2D eigenvalue weighted by molar-refractivity contribution is 6.20. The minimum atomic E-state index is 1.14. The maximum atomic E-state index is 2.36. The van der Waals surface area contributed by atoms with Crippen LogP contribution in [-0.4, -0.2) is 0 Å². The normalized spacial score (nSPS) is 13.5. The van der Waals surface area contributed by atoms with Crippen molar-refractivity contribution in [3.63, 3.8) is 0 Å². The van der Waals surface area contributed by atoms with Crippen molar-refractivity contribution in [2.24, 2.45) is 0 Å². The molecule has 0 saturated heterocycles. The molecule has 0 heteroatoms. The zero-order chi connectivity index (χ0) is 15.7. The monoisotopic (exact) mass is 304 g/mol. The maximum absolute atomic E-state index is 2.36. The summed E-state index contributed by atoms with van der Waals surface area (Å²) in [6.07, 6.45) is 2.27. The van der Waals surface area contributed by atoms with Crippen molar-refractivity contribution >= 4 is 43.1 Å². The summed E-state index contributed by atoms with van der Waals surface area (Å²) in [6.45, 7) is 0. The van der Waals surface area contributed by atoms with Crippen molar-refractivity contribution in [3.8, 4) is 0 Å². The molecule has 0 bridgehead atoms. The molecule has 0 aliphatic heterocycles. The highest BCUT2D eigenvalue weighted by Gasteiger charge is 2.19. The molecule has 0 spiro atoms. The molecule has 5 aromatic rings. The van der Waals surface area contributed by atoms with E-state index in [4.69, 9.17) is 0 Å². The number of rotatable bonds is 0. The molecule has 0 atom stereocenters. The lowest BCUT2D eigenvalue weighted by Crippen LogP contribution is -2.03. The van der Waals surface area contributed by atoms with Crippen LogP contribution >= 0.6 is 0 Å². The largest absolute Gasteiger partial charge is 0.0616 e. The van der Waals surface area contributed by atoms with Crippen LogP contribution in [0.3, 0.4) is 0 Å². The van der Waals surface area contributed by atoms with E-state index in [0.717, 1.165) is 12.8 Å². The van der Waals surface area contributed by atoms with E-state index < -0.39 is 0 Å². The number of hydrogen-bond donors (Lipinski definition) is 0. The van der Waals surface area contributed by atoms with Crippen LogP contribution in [0.4, 0.5) is 0 Å². The third-order valence-electron chi connectivity index (χ3n) is 5.69. The molecule has 0 amide bonds. The smallest absolute Gasteiger partial charge is 0.00638 e. The summed E-state index contributed by atoms with van der Waals surface area (Å²) in [4.78, 5) is 0. The Morgan fingerprint density at radius 3 is 1.42 bits per heavy atom. The summed E-state index contributed by atoms with van der Waals surface area (Å²) in [6, 6.07) is 27.0. The Morgan fingerprint density at radius 2 is 0.917 bits per heavy atom. The van der Waals surface area contributed by atoms with Gasteiger partial charge in [-0.05, 0) is 79.2 Å². The summed E-state index contributed by atoms with van der Waals surface area (Å²) in [5.41, 5.74) is 3.08. The van der Waals surface area contributed by atoms with Crippen molar-refractivity contribution in [1.82, 2.24) is 0 Å². The quantitative estimate of drug-likeness (QED) is 0.229. The molecule has 6 rings (SSSR count). The lowest BCUT2D eigenvalue weighted by molar-refractivity contribution is 0.986. The fourth-order valence-corrected chi connectivity index (χ4v) is 4.69. The Balaban J connectivity index is 1.95. The Kier molecular flexibility index (Phi) is 2.28. The minimum Gasteiger partial charge on any atom is -0.0616 e. The molecule has 0 fully saturated rings. The van der Waals surface area contributed by atoms with Crippen molar-refractivity contribution in [2.45, 2.75) is 12.8 Å².